The summed E-state index contributed by atoms with van der Waals surface area (Å²) >= 11 is 1.53. The van der Waals surface area contributed by atoms with E-state index in [1.54, 1.807) is 12.1 Å². The molecule has 1 unspecified atom stereocenters. The average Bonchev–Trinajstić information content (AvgIpc) is 2.99. The Labute approximate surface area is 138 Å². The molecular weight excluding hydrogens is 310 g/mol. The Morgan fingerprint density at radius 2 is 1.87 bits per heavy atom. The van der Waals surface area contributed by atoms with Crippen LogP contribution in [0.1, 0.15) is 44.6 Å². The molecule has 2 amide bonds. The molecule has 1 atom stereocenters. The highest BCUT2D eigenvalue weighted by Gasteiger charge is 2.20. The van der Waals surface area contributed by atoms with E-state index in [9.17, 15) is 9.59 Å². The molecule has 23 heavy (non-hydrogen) atoms. The minimum atomic E-state index is -0.755. The number of hydrogen-bond acceptors (Lipinski definition) is 4. The summed E-state index contributed by atoms with van der Waals surface area (Å²) < 4.78 is 0. The van der Waals surface area contributed by atoms with Gasteiger partial charge in [-0.05, 0) is 42.9 Å². The highest BCUT2D eigenvalue weighted by atomic mass is 32.1. The summed E-state index contributed by atoms with van der Waals surface area (Å²) in [5, 5.41) is 0. The number of amides is 2. The molecule has 0 saturated carbocycles. The summed E-state index contributed by atoms with van der Waals surface area (Å²) in [6.07, 6.45) is 4.46. The molecule has 1 aliphatic carbocycles. The van der Waals surface area contributed by atoms with Crippen LogP contribution in [-0.2, 0) is 17.6 Å². The molecule has 1 aromatic heterocycles. The van der Waals surface area contributed by atoms with Crippen LogP contribution in [0.3, 0.4) is 0 Å². The zero-order chi connectivity index (χ0) is 16.2. The third kappa shape index (κ3) is 3.60. The molecule has 1 aromatic carbocycles. The summed E-state index contributed by atoms with van der Waals surface area (Å²) in [5.74, 6) is -0.770. The van der Waals surface area contributed by atoms with Crippen LogP contribution < -0.4 is 16.6 Å². The van der Waals surface area contributed by atoms with Crippen molar-refractivity contribution in [3.05, 3.63) is 57.3 Å². The summed E-state index contributed by atoms with van der Waals surface area (Å²) in [4.78, 5) is 25.9. The van der Waals surface area contributed by atoms with Crippen molar-refractivity contribution in [3.63, 3.8) is 0 Å². The number of thiophene rings is 1. The summed E-state index contributed by atoms with van der Waals surface area (Å²) in [6, 6.07) is 10.3. The largest absolute Gasteiger partial charge is 0.368 e. The number of carbonyl (C=O) groups is 2. The maximum absolute atomic E-state index is 12.3. The number of benzene rings is 1. The number of rotatable bonds is 5. The van der Waals surface area contributed by atoms with E-state index in [2.05, 4.69) is 10.9 Å². The first kappa shape index (κ1) is 15.7. The van der Waals surface area contributed by atoms with Gasteiger partial charge in [0.1, 0.15) is 6.04 Å². The van der Waals surface area contributed by atoms with E-state index in [0.717, 1.165) is 12.8 Å². The van der Waals surface area contributed by atoms with Crippen LogP contribution in [-0.4, -0.2) is 11.8 Å². The molecule has 4 N–H and O–H groups in total. The molecule has 6 heteroatoms. The van der Waals surface area contributed by atoms with Crippen molar-refractivity contribution in [2.75, 3.05) is 0 Å². The predicted molar refractivity (Wildman–Crippen MR) is 89.9 cm³/mol. The van der Waals surface area contributed by atoms with Gasteiger partial charge in [-0.15, -0.1) is 11.3 Å². The van der Waals surface area contributed by atoms with Gasteiger partial charge in [-0.2, -0.15) is 0 Å². The van der Waals surface area contributed by atoms with Gasteiger partial charge in [0.25, 0.3) is 5.91 Å². The lowest BCUT2D eigenvalue weighted by atomic mass is 9.99. The van der Waals surface area contributed by atoms with Crippen LogP contribution in [0.2, 0.25) is 0 Å². The molecule has 0 radical (unpaired) electrons. The van der Waals surface area contributed by atoms with Crippen LogP contribution in [0, 0.1) is 0 Å². The summed E-state index contributed by atoms with van der Waals surface area (Å²) in [5.41, 5.74) is 12.8. The highest BCUT2D eigenvalue weighted by molar-refractivity contribution is 7.14. The molecule has 0 spiro atoms. The van der Waals surface area contributed by atoms with Crippen molar-refractivity contribution in [2.24, 2.45) is 5.73 Å². The first-order valence-electron chi connectivity index (χ1n) is 7.67. The van der Waals surface area contributed by atoms with Gasteiger partial charge in [-0.3, -0.25) is 15.0 Å². The second kappa shape index (κ2) is 6.93. The number of nitrogens with one attached hydrogen (secondary N) is 2. The van der Waals surface area contributed by atoms with E-state index in [4.69, 9.17) is 5.73 Å². The van der Waals surface area contributed by atoms with E-state index in [-0.39, 0.29) is 5.91 Å². The number of hydrazine groups is 1. The van der Waals surface area contributed by atoms with E-state index in [1.807, 2.05) is 24.3 Å². The Hall–Kier alpha value is -2.18. The Morgan fingerprint density at radius 1 is 1.13 bits per heavy atom. The molecule has 1 aliphatic rings. The zero-order valence-corrected chi connectivity index (χ0v) is 13.5. The standard InChI is InChI=1S/C17H19N3O2S/c18-16(21)15(11-6-2-1-3-7-11)19-20-17(22)14-10-12-8-4-5-9-13(12)23-14/h1-3,6-7,10,15,19H,4-5,8-9H2,(H2,18,21)(H,20,22). The van der Waals surface area contributed by atoms with Crippen molar-refractivity contribution >= 4 is 23.2 Å². The van der Waals surface area contributed by atoms with E-state index in [0.29, 0.717) is 10.4 Å². The fraction of sp³-hybridized carbons (Fsp3) is 0.294. The minimum Gasteiger partial charge on any atom is -0.368 e. The Morgan fingerprint density at radius 3 is 2.57 bits per heavy atom. The molecule has 0 bridgehead atoms. The maximum Gasteiger partial charge on any atom is 0.275 e. The first-order chi connectivity index (χ1) is 11.1. The molecule has 2 aromatic rings. The molecule has 0 saturated heterocycles. The Kier molecular flexibility index (Phi) is 4.73. The van der Waals surface area contributed by atoms with Crippen LogP contribution in [0.4, 0.5) is 0 Å². The lowest BCUT2D eigenvalue weighted by Crippen LogP contribution is -2.44. The Balaban J connectivity index is 1.67. The van der Waals surface area contributed by atoms with E-state index in [1.165, 1.54) is 34.6 Å². The zero-order valence-electron chi connectivity index (χ0n) is 12.7. The third-order valence-electron chi connectivity index (χ3n) is 3.97. The van der Waals surface area contributed by atoms with Crippen molar-refractivity contribution < 1.29 is 9.59 Å². The first-order valence-corrected chi connectivity index (χ1v) is 8.48. The quantitative estimate of drug-likeness (QED) is 0.734. The predicted octanol–water partition coefficient (Wildman–Crippen LogP) is 2.09. The number of hydrogen-bond donors (Lipinski definition) is 3. The molecule has 5 nitrogen and oxygen atoms in total. The lowest BCUT2D eigenvalue weighted by Gasteiger charge is -2.16. The second-order valence-corrected chi connectivity index (χ2v) is 6.75. The normalized spacial score (nSPS) is 14.8. The fourth-order valence-electron chi connectivity index (χ4n) is 2.77. The van der Waals surface area contributed by atoms with Gasteiger partial charge in [0.15, 0.2) is 0 Å². The number of primary amides is 1. The topological polar surface area (TPSA) is 84.2 Å². The number of fused-ring (bicyclic) bond motifs is 1. The van der Waals surface area contributed by atoms with Crippen LogP contribution in [0.25, 0.3) is 0 Å². The van der Waals surface area contributed by atoms with Gasteiger partial charge >= 0.3 is 0 Å². The van der Waals surface area contributed by atoms with Gasteiger partial charge in [0.2, 0.25) is 5.91 Å². The minimum absolute atomic E-state index is 0.230. The molecule has 0 aliphatic heterocycles. The van der Waals surface area contributed by atoms with Gasteiger partial charge in [-0.25, -0.2) is 5.43 Å². The molecular formula is C17H19N3O2S. The van der Waals surface area contributed by atoms with Gasteiger partial charge in [0.05, 0.1) is 4.88 Å². The Bertz CT molecular complexity index is 688. The van der Waals surface area contributed by atoms with E-state index >= 15 is 0 Å². The number of nitrogens with two attached hydrogens (primary N) is 1. The van der Waals surface area contributed by atoms with Crippen LogP contribution in [0.5, 0.6) is 0 Å². The number of aryl methyl sites for hydroxylation is 2. The molecule has 1 heterocycles. The van der Waals surface area contributed by atoms with Crippen LogP contribution >= 0.6 is 11.3 Å². The average molecular weight is 329 g/mol. The number of carbonyl (C=O) groups excluding carboxylic acids is 2. The van der Waals surface area contributed by atoms with Gasteiger partial charge < -0.3 is 5.73 Å². The van der Waals surface area contributed by atoms with Gasteiger partial charge in [0, 0.05) is 4.88 Å². The molecule has 0 fully saturated rings. The molecule has 3 rings (SSSR count). The van der Waals surface area contributed by atoms with Crippen molar-refractivity contribution in [1.82, 2.24) is 10.9 Å². The summed E-state index contributed by atoms with van der Waals surface area (Å²) in [6.45, 7) is 0. The SMILES string of the molecule is NC(=O)C(NNC(=O)c1cc2c(s1)CCCC2)c1ccccc1. The van der Waals surface area contributed by atoms with Crippen molar-refractivity contribution in [2.45, 2.75) is 31.7 Å². The fourth-order valence-corrected chi connectivity index (χ4v) is 3.91. The maximum atomic E-state index is 12.3. The third-order valence-corrected chi connectivity index (χ3v) is 5.20. The smallest absolute Gasteiger partial charge is 0.275 e. The lowest BCUT2D eigenvalue weighted by molar-refractivity contribution is -0.120. The van der Waals surface area contributed by atoms with Crippen molar-refractivity contribution in [1.29, 1.82) is 0 Å². The summed E-state index contributed by atoms with van der Waals surface area (Å²) in [7, 11) is 0. The monoisotopic (exact) mass is 329 g/mol. The second-order valence-electron chi connectivity index (χ2n) is 5.61. The van der Waals surface area contributed by atoms with Crippen LogP contribution in [0.15, 0.2) is 36.4 Å². The molecule has 120 valence electrons. The van der Waals surface area contributed by atoms with Crippen molar-refractivity contribution in [3.8, 4) is 0 Å². The van der Waals surface area contributed by atoms with E-state index < -0.39 is 11.9 Å². The highest BCUT2D eigenvalue weighted by Crippen LogP contribution is 2.29. The van der Waals surface area contributed by atoms with Gasteiger partial charge in [-0.1, -0.05) is 30.3 Å².